The maximum atomic E-state index is 13.5. The number of carbonyl (C=O) groups is 1. The van der Waals surface area contributed by atoms with E-state index in [0.717, 1.165) is 14.7 Å². The second-order valence-electron chi connectivity index (χ2n) is 9.14. The minimum atomic E-state index is -4.36. The Morgan fingerprint density at radius 1 is 0.805 bits per heavy atom. The van der Waals surface area contributed by atoms with Crippen LogP contribution in [0, 0.1) is 17.7 Å². The van der Waals surface area contributed by atoms with E-state index in [4.69, 9.17) is 9.47 Å². The average molecular weight is 598 g/mol. The molecule has 0 bridgehead atoms. The Bertz CT molecular complexity index is 1510. The SMILES string of the molecule is CC(C)(C#Cc1ccc(SC(F)(F)F)cc1)OC(=O)COc1ccc([S+](c2ccccc2)c2ccc(F)cc2)cc1. The van der Waals surface area contributed by atoms with E-state index in [0.29, 0.717) is 11.3 Å². The molecule has 0 aliphatic heterocycles. The number of esters is 1. The van der Waals surface area contributed by atoms with Gasteiger partial charge in [-0.25, -0.2) is 9.18 Å². The molecule has 1 atom stereocenters. The van der Waals surface area contributed by atoms with Crippen LogP contribution in [0.25, 0.3) is 0 Å². The molecule has 0 saturated carbocycles. The first-order valence-electron chi connectivity index (χ1n) is 12.4. The molecule has 3 nitrogen and oxygen atoms in total. The molecular formula is C32H25F4O3S2+. The lowest BCUT2D eigenvalue weighted by Crippen LogP contribution is -2.29. The van der Waals surface area contributed by atoms with Gasteiger partial charge in [-0.1, -0.05) is 30.0 Å². The molecular weight excluding hydrogens is 572 g/mol. The molecule has 210 valence electrons. The molecule has 41 heavy (non-hydrogen) atoms. The molecule has 0 fully saturated rings. The molecule has 0 radical (unpaired) electrons. The van der Waals surface area contributed by atoms with Gasteiger partial charge in [0.1, 0.15) is 11.6 Å². The standard InChI is InChI=1S/C32H25F4O3S2/c1-31(2,21-20-23-8-14-26(15-9-23)40-32(34,35)36)39-30(37)22-38-25-12-18-29(19-13-25)41(27-6-4-3-5-7-27)28-16-10-24(33)11-17-28/h3-19H,22H2,1-2H3/q+1. The van der Waals surface area contributed by atoms with Crippen molar-refractivity contribution < 1.29 is 31.8 Å². The van der Waals surface area contributed by atoms with Crippen LogP contribution in [-0.4, -0.2) is 23.7 Å². The quantitative estimate of drug-likeness (QED) is 0.0673. The van der Waals surface area contributed by atoms with Gasteiger partial charge in [-0.05, 0) is 111 Å². The highest BCUT2D eigenvalue weighted by molar-refractivity contribution is 8.00. The third kappa shape index (κ3) is 9.34. The van der Waals surface area contributed by atoms with Crippen molar-refractivity contribution in [1.82, 2.24) is 0 Å². The van der Waals surface area contributed by atoms with Gasteiger partial charge >= 0.3 is 11.5 Å². The van der Waals surface area contributed by atoms with Crippen LogP contribution in [-0.2, 0) is 20.4 Å². The molecule has 4 aromatic rings. The van der Waals surface area contributed by atoms with Gasteiger partial charge in [0, 0.05) is 10.5 Å². The summed E-state index contributed by atoms with van der Waals surface area (Å²) in [7, 11) is -0.462. The molecule has 1 unspecified atom stereocenters. The maximum Gasteiger partial charge on any atom is 0.446 e. The van der Waals surface area contributed by atoms with Crippen LogP contribution in [0.5, 0.6) is 5.75 Å². The molecule has 0 saturated heterocycles. The van der Waals surface area contributed by atoms with Crippen molar-refractivity contribution in [3.05, 3.63) is 115 Å². The van der Waals surface area contributed by atoms with E-state index in [1.807, 2.05) is 42.5 Å². The van der Waals surface area contributed by atoms with Crippen LogP contribution < -0.4 is 4.74 Å². The van der Waals surface area contributed by atoms with Gasteiger partial charge in [0.2, 0.25) is 0 Å². The van der Waals surface area contributed by atoms with Crippen molar-refractivity contribution in [2.45, 2.75) is 44.5 Å². The fourth-order valence-corrected chi connectivity index (χ4v) is 6.25. The Balaban J connectivity index is 1.36. The third-order valence-corrected chi connectivity index (χ3v) is 8.38. The van der Waals surface area contributed by atoms with E-state index in [9.17, 15) is 22.4 Å². The van der Waals surface area contributed by atoms with Gasteiger partial charge in [0.25, 0.3) is 0 Å². The fraction of sp³-hybridized carbons (Fsp3) is 0.156. The van der Waals surface area contributed by atoms with Crippen LogP contribution in [0.3, 0.4) is 0 Å². The summed E-state index contributed by atoms with van der Waals surface area (Å²) >= 11 is -0.198. The van der Waals surface area contributed by atoms with E-state index < -0.39 is 28.0 Å². The first-order valence-corrected chi connectivity index (χ1v) is 14.4. The van der Waals surface area contributed by atoms with Gasteiger partial charge in [0.05, 0.1) is 10.9 Å². The number of hydrogen-bond donors (Lipinski definition) is 0. The number of ether oxygens (including phenoxy) is 2. The lowest BCUT2D eigenvalue weighted by molar-refractivity contribution is -0.154. The van der Waals surface area contributed by atoms with Crippen molar-refractivity contribution in [2.75, 3.05) is 6.61 Å². The van der Waals surface area contributed by atoms with Crippen molar-refractivity contribution in [1.29, 1.82) is 0 Å². The Morgan fingerprint density at radius 2 is 1.37 bits per heavy atom. The monoisotopic (exact) mass is 597 g/mol. The number of rotatable bonds is 8. The topological polar surface area (TPSA) is 35.5 Å². The molecule has 4 rings (SSSR count). The summed E-state index contributed by atoms with van der Waals surface area (Å²) in [5.41, 5.74) is -5.02. The third-order valence-electron chi connectivity index (χ3n) is 5.41. The molecule has 0 spiro atoms. The van der Waals surface area contributed by atoms with Gasteiger partial charge in [0.15, 0.2) is 26.9 Å². The van der Waals surface area contributed by atoms with Gasteiger partial charge in [-0.2, -0.15) is 13.2 Å². The highest BCUT2D eigenvalue weighted by Crippen LogP contribution is 2.36. The van der Waals surface area contributed by atoms with E-state index in [-0.39, 0.29) is 29.1 Å². The summed E-state index contributed by atoms with van der Waals surface area (Å²) in [6.07, 6.45) is 0. The number of thioether (sulfide) groups is 1. The van der Waals surface area contributed by atoms with E-state index in [1.54, 1.807) is 38.1 Å². The zero-order valence-electron chi connectivity index (χ0n) is 22.1. The summed E-state index contributed by atoms with van der Waals surface area (Å²) in [6, 6.07) is 29.3. The highest BCUT2D eigenvalue weighted by atomic mass is 32.2. The maximum absolute atomic E-state index is 13.5. The zero-order chi connectivity index (χ0) is 29.5. The van der Waals surface area contributed by atoms with E-state index >= 15 is 0 Å². The van der Waals surface area contributed by atoms with Crippen molar-refractivity contribution >= 4 is 28.6 Å². The molecule has 0 heterocycles. The fourth-order valence-electron chi connectivity index (χ4n) is 3.65. The van der Waals surface area contributed by atoms with Gasteiger partial charge in [-0.15, -0.1) is 0 Å². The second-order valence-corrected chi connectivity index (χ2v) is 12.3. The van der Waals surface area contributed by atoms with Crippen molar-refractivity contribution in [3.63, 3.8) is 0 Å². The molecule has 0 aromatic heterocycles. The summed E-state index contributed by atoms with van der Waals surface area (Å²) < 4.78 is 62.1. The van der Waals surface area contributed by atoms with Crippen molar-refractivity contribution in [2.24, 2.45) is 0 Å². The smallest absolute Gasteiger partial charge is 0.446 e. The van der Waals surface area contributed by atoms with Crippen LogP contribution >= 0.6 is 11.8 Å². The first kappa shape index (κ1) is 30.1. The molecule has 4 aromatic carbocycles. The molecule has 0 aliphatic carbocycles. The van der Waals surface area contributed by atoms with Crippen LogP contribution in [0.15, 0.2) is 123 Å². The molecule has 0 N–H and O–H groups in total. The number of alkyl halides is 3. The summed E-state index contributed by atoms with van der Waals surface area (Å²) in [5, 5.41) is 0. The number of hydrogen-bond acceptors (Lipinski definition) is 4. The van der Waals surface area contributed by atoms with Crippen LogP contribution in [0.1, 0.15) is 19.4 Å². The number of carbonyl (C=O) groups excluding carboxylic acids is 1. The molecule has 9 heteroatoms. The molecule has 0 amide bonds. The van der Waals surface area contributed by atoms with E-state index in [2.05, 4.69) is 11.8 Å². The Labute approximate surface area is 243 Å². The predicted molar refractivity (Wildman–Crippen MR) is 152 cm³/mol. The minimum Gasteiger partial charge on any atom is -0.482 e. The Kier molecular flexibility index (Phi) is 9.69. The van der Waals surface area contributed by atoms with Gasteiger partial charge < -0.3 is 9.47 Å². The lowest BCUT2D eigenvalue weighted by atomic mass is 10.1. The summed E-state index contributed by atoms with van der Waals surface area (Å²) in [5.74, 6) is 5.20. The number of benzene rings is 4. The minimum absolute atomic E-state index is 0.0606. The van der Waals surface area contributed by atoms with Crippen LogP contribution in [0.2, 0.25) is 0 Å². The highest BCUT2D eigenvalue weighted by Gasteiger charge is 2.30. The predicted octanol–water partition coefficient (Wildman–Crippen LogP) is 8.29. The van der Waals surface area contributed by atoms with Gasteiger partial charge in [-0.3, -0.25) is 0 Å². The largest absolute Gasteiger partial charge is 0.482 e. The summed E-state index contributed by atoms with van der Waals surface area (Å²) in [4.78, 5) is 15.5. The summed E-state index contributed by atoms with van der Waals surface area (Å²) in [6.45, 7) is 2.89. The van der Waals surface area contributed by atoms with E-state index in [1.165, 1.54) is 36.4 Å². The van der Waals surface area contributed by atoms with Crippen molar-refractivity contribution in [3.8, 4) is 17.6 Å². The Morgan fingerprint density at radius 3 is 1.95 bits per heavy atom. The zero-order valence-corrected chi connectivity index (χ0v) is 23.7. The first-order chi connectivity index (χ1) is 19.5. The molecule has 0 aliphatic rings. The van der Waals surface area contributed by atoms with Crippen LogP contribution in [0.4, 0.5) is 17.6 Å². The lowest BCUT2D eigenvalue weighted by Gasteiger charge is -2.19. The number of halogens is 4. The Hall–Kier alpha value is -3.87. The second kappa shape index (κ2) is 13.2. The average Bonchev–Trinajstić information content (AvgIpc) is 2.93. The normalized spacial score (nSPS) is 12.1.